The first-order chi connectivity index (χ1) is 10.6. The number of carbonyl (C=O) groups excluding carboxylic acids is 1. The highest BCUT2D eigenvalue weighted by molar-refractivity contribution is 5.78. The van der Waals surface area contributed by atoms with Crippen LogP contribution in [0, 0.1) is 19.8 Å². The van der Waals surface area contributed by atoms with Crippen molar-refractivity contribution in [2.24, 2.45) is 5.92 Å². The molecule has 0 saturated carbocycles. The van der Waals surface area contributed by atoms with Crippen LogP contribution in [0.5, 0.6) is 0 Å². The molecule has 2 aromatic rings. The third-order valence-electron chi connectivity index (χ3n) is 4.36. The average molecular weight is 302 g/mol. The van der Waals surface area contributed by atoms with Crippen LogP contribution < -0.4 is 5.32 Å². The number of rotatable bonds is 5. The molecule has 2 aromatic heterocycles. The zero-order chi connectivity index (χ0) is 15.5. The highest BCUT2D eigenvalue weighted by Crippen LogP contribution is 2.17. The predicted octanol–water partition coefficient (Wildman–Crippen LogP) is 0.929. The molecule has 0 saturated heterocycles. The van der Waals surface area contributed by atoms with Gasteiger partial charge in [-0.15, -0.1) is 0 Å². The molecule has 3 heterocycles. The summed E-state index contributed by atoms with van der Waals surface area (Å²) in [5, 5.41) is 14.4. The van der Waals surface area contributed by atoms with Crippen LogP contribution in [0.1, 0.15) is 35.6 Å². The van der Waals surface area contributed by atoms with Gasteiger partial charge in [-0.05, 0) is 38.7 Å². The van der Waals surface area contributed by atoms with Gasteiger partial charge in [0, 0.05) is 18.7 Å². The second-order valence-corrected chi connectivity index (χ2v) is 5.90. The minimum absolute atomic E-state index is 0.00611. The highest BCUT2D eigenvalue weighted by atomic mass is 16.1. The number of aromatic amines is 1. The Morgan fingerprint density at radius 1 is 1.50 bits per heavy atom. The summed E-state index contributed by atoms with van der Waals surface area (Å²) in [6.45, 7) is 5.38. The lowest BCUT2D eigenvalue weighted by Crippen LogP contribution is -2.36. The van der Waals surface area contributed by atoms with E-state index < -0.39 is 0 Å². The standard InChI is InChI=1S/C15H22N6O/c1-10-13(11(2)20-19-10)4-3-7-16-15(22)12-5-6-14-17-9-18-21(14)8-12/h9,12H,3-8H2,1-2H3,(H,16,22)(H,19,20). The van der Waals surface area contributed by atoms with Crippen molar-refractivity contribution in [2.75, 3.05) is 6.54 Å². The van der Waals surface area contributed by atoms with Crippen molar-refractivity contribution in [3.05, 3.63) is 29.1 Å². The molecule has 0 bridgehead atoms. The van der Waals surface area contributed by atoms with E-state index in [4.69, 9.17) is 0 Å². The Bertz CT molecular complexity index is 639. The van der Waals surface area contributed by atoms with E-state index in [1.807, 2.05) is 18.5 Å². The van der Waals surface area contributed by atoms with E-state index in [1.165, 1.54) is 5.56 Å². The number of nitrogens with one attached hydrogen (secondary N) is 2. The molecule has 1 atom stereocenters. The normalized spacial score (nSPS) is 17.3. The summed E-state index contributed by atoms with van der Waals surface area (Å²) in [4.78, 5) is 16.4. The van der Waals surface area contributed by atoms with Crippen molar-refractivity contribution in [3.63, 3.8) is 0 Å². The fourth-order valence-electron chi connectivity index (χ4n) is 3.02. The fraction of sp³-hybridized carbons (Fsp3) is 0.600. The summed E-state index contributed by atoms with van der Waals surface area (Å²) in [6, 6.07) is 0. The Morgan fingerprint density at radius 2 is 2.36 bits per heavy atom. The molecule has 0 radical (unpaired) electrons. The minimum Gasteiger partial charge on any atom is -0.356 e. The second-order valence-electron chi connectivity index (χ2n) is 5.90. The van der Waals surface area contributed by atoms with E-state index in [0.717, 1.165) is 42.9 Å². The van der Waals surface area contributed by atoms with Crippen molar-refractivity contribution in [1.82, 2.24) is 30.3 Å². The third-order valence-corrected chi connectivity index (χ3v) is 4.36. The van der Waals surface area contributed by atoms with E-state index in [1.54, 1.807) is 6.33 Å². The van der Waals surface area contributed by atoms with Gasteiger partial charge >= 0.3 is 0 Å². The number of hydrogen-bond donors (Lipinski definition) is 2. The number of hydrogen-bond acceptors (Lipinski definition) is 4. The minimum atomic E-state index is 0.00611. The highest BCUT2D eigenvalue weighted by Gasteiger charge is 2.25. The molecule has 1 unspecified atom stereocenters. The van der Waals surface area contributed by atoms with Crippen molar-refractivity contribution >= 4 is 5.91 Å². The summed E-state index contributed by atoms with van der Waals surface area (Å²) in [5.74, 6) is 1.11. The smallest absolute Gasteiger partial charge is 0.224 e. The molecule has 7 nitrogen and oxygen atoms in total. The Balaban J connectivity index is 1.44. The zero-order valence-electron chi connectivity index (χ0n) is 13.1. The molecule has 0 spiro atoms. The van der Waals surface area contributed by atoms with Gasteiger partial charge in [0.1, 0.15) is 12.2 Å². The van der Waals surface area contributed by atoms with Gasteiger partial charge in [0.2, 0.25) is 5.91 Å². The monoisotopic (exact) mass is 302 g/mol. The number of amides is 1. The van der Waals surface area contributed by atoms with E-state index in [0.29, 0.717) is 13.1 Å². The Labute approximate surface area is 129 Å². The molecule has 0 aromatic carbocycles. The van der Waals surface area contributed by atoms with Crippen molar-refractivity contribution < 1.29 is 4.79 Å². The maximum atomic E-state index is 12.2. The summed E-state index contributed by atoms with van der Waals surface area (Å²) in [5.41, 5.74) is 3.43. The van der Waals surface area contributed by atoms with Gasteiger partial charge in [0.25, 0.3) is 0 Å². The number of aryl methyl sites for hydroxylation is 3. The molecule has 3 rings (SSSR count). The van der Waals surface area contributed by atoms with E-state index in [9.17, 15) is 4.79 Å². The summed E-state index contributed by atoms with van der Waals surface area (Å²) in [6.07, 6.45) is 5.10. The third kappa shape index (κ3) is 3.03. The Hall–Kier alpha value is -2.18. The van der Waals surface area contributed by atoms with E-state index >= 15 is 0 Å². The van der Waals surface area contributed by atoms with Gasteiger partial charge in [-0.1, -0.05) is 0 Å². The topological polar surface area (TPSA) is 88.5 Å². The van der Waals surface area contributed by atoms with Crippen molar-refractivity contribution in [1.29, 1.82) is 0 Å². The Kier molecular flexibility index (Phi) is 4.22. The largest absolute Gasteiger partial charge is 0.356 e. The van der Waals surface area contributed by atoms with E-state index in [-0.39, 0.29) is 11.8 Å². The maximum Gasteiger partial charge on any atom is 0.224 e. The summed E-state index contributed by atoms with van der Waals surface area (Å²) in [7, 11) is 0. The number of aromatic nitrogens is 5. The van der Waals surface area contributed by atoms with Crippen molar-refractivity contribution in [2.45, 2.75) is 46.1 Å². The number of fused-ring (bicyclic) bond motifs is 1. The molecule has 22 heavy (non-hydrogen) atoms. The van der Waals surface area contributed by atoms with Gasteiger partial charge in [0.05, 0.1) is 18.2 Å². The molecule has 2 N–H and O–H groups in total. The van der Waals surface area contributed by atoms with Gasteiger partial charge in [-0.2, -0.15) is 10.2 Å². The van der Waals surface area contributed by atoms with Crippen LogP contribution in [0.3, 0.4) is 0 Å². The average Bonchev–Trinajstić information content (AvgIpc) is 3.10. The van der Waals surface area contributed by atoms with Gasteiger partial charge in [-0.25, -0.2) is 9.67 Å². The predicted molar refractivity (Wildman–Crippen MR) is 81.2 cm³/mol. The molecule has 0 fully saturated rings. The van der Waals surface area contributed by atoms with Gasteiger partial charge in [-0.3, -0.25) is 9.89 Å². The van der Waals surface area contributed by atoms with Crippen LogP contribution >= 0.6 is 0 Å². The van der Waals surface area contributed by atoms with Crippen LogP contribution in [0.2, 0.25) is 0 Å². The van der Waals surface area contributed by atoms with Crippen LogP contribution in [0.4, 0.5) is 0 Å². The van der Waals surface area contributed by atoms with E-state index in [2.05, 4.69) is 25.6 Å². The number of H-pyrrole nitrogens is 1. The molecular weight excluding hydrogens is 280 g/mol. The number of nitrogens with zero attached hydrogens (tertiary/aromatic N) is 4. The SMILES string of the molecule is Cc1n[nH]c(C)c1CCCNC(=O)C1CCc2ncnn2C1. The molecule has 118 valence electrons. The van der Waals surface area contributed by atoms with Gasteiger partial charge in [0.15, 0.2) is 0 Å². The maximum absolute atomic E-state index is 12.2. The Morgan fingerprint density at radius 3 is 3.14 bits per heavy atom. The second kappa shape index (κ2) is 6.29. The lowest BCUT2D eigenvalue weighted by molar-refractivity contribution is -0.126. The first-order valence-corrected chi connectivity index (χ1v) is 7.80. The molecule has 0 aliphatic carbocycles. The number of carbonyl (C=O) groups is 1. The van der Waals surface area contributed by atoms with Crippen LogP contribution in [-0.4, -0.2) is 37.4 Å². The van der Waals surface area contributed by atoms with Crippen LogP contribution in [0.25, 0.3) is 0 Å². The van der Waals surface area contributed by atoms with Crippen molar-refractivity contribution in [3.8, 4) is 0 Å². The first-order valence-electron chi connectivity index (χ1n) is 7.80. The first kappa shape index (κ1) is 14.7. The fourth-order valence-corrected chi connectivity index (χ4v) is 3.02. The molecule has 1 aliphatic rings. The molecule has 1 amide bonds. The summed E-state index contributed by atoms with van der Waals surface area (Å²) >= 11 is 0. The lowest BCUT2D eigenvalue weighted by Gasteiger charge is -2.21. The van der Waals surface area contributed by atoms with Crippen LogP contribution in [-0.2, 0) is 24.2 Å². The molecular formula is C15H22N6O. The van der Waals surface area contributed by atoms with Gasteiger partial charge < -0.3 is 5.32 Å². The summed E-state index contributed by atoms with van der Waals surface area (Å²) < 4.78 is 1.84. The quantitative estimate of drug-likeness (QED) is 0.804. The molecule has 1 aliphatic heterocycles. The zero-order valence-corrected chi connectivity index (χ0v) is 13.1. The van der Waals surface area contributed by atoms with Crippen LogP contribution in [0.15, 0.2) is 6.33 Å². The lowest BCUT2D eigenvalue weighted by atomic mass is 9.99. The molecule has 7 heteroatoms.